The molecule has 2 rings (SSSR count). The van der Waals surface area contributed by atoms with Crippen LogP contribution in [0.25, 0.3) is 0 Å². The monoisotopic (exact) mass is 268 g/mol. The molecule has 19 heavy (non-hydrogen) atoms. The Morgan fingerprint density at radius 3 is 2.95 bits per heavy atom. The molecule has 0 aliphatic carbocycles. The van der Waals surface area contributed by atoms with Crippen molar-refractivity contribution in [3.8, 4) is 0 Å². The molecular weight excluding hydrogens is 248 g/mol. The zero-order chi connectivity index (χ0) is 14.0. The number of carbonyl (C=O) groups excluding carboxylic acids is 1. The predicted octanol–water partition coefficient (Wildman–Crippen LogP) is 1.96. The minimum atomic E-state index is -0.727. The quantitative estimate of drug-likeness (QED) is 0.887. The van der Waals surface area contributed by atoms with Gasteiger partial charge in [0.25, 0.3) is 0 Å². The molecule has 1 amide bonds. The Kier molecular flexibility index (Phi) is 3.80. The first-order valence-corrected chi connectivity index (χ1v) is 6.41. The van der Waals surface area contributed by atoms with Gasteiger partial charge in [0, 0.05) is 19.0 Å². The molecule has 1 aliphatic heterocycles. The fraction of sp³-hybridized carbons (Fsp3) is 0.692. The molecule has 1 N–H and O–H groups in total. The van der Waals surface area contributed by atoms with Crippen LogP contribution in [0.5, 0.6) is 0 Å². The summed E-state index contributed by atoms with van der Waals surface area (Å²) in [5.41, 5.74) is -0.501. The number of nitrogens with zero attached hydrogens (tertiary/aromatic N) is 2. The van der Waals surface area contributed by atoms with Crippen LogP contribution in [0.3, 0.4) is 0 Å². The van der Waals surface area contributed by atoms with E-state index in [1.54, 1.807) is 4.90 Å². The van der Waals surface area contributed by atoms with Crippen LogP contribution in [0.15, 0.2) is 17.0 Å². The summed E-state index contributed by atoms with van der Waals surface area (Å²) in [6.07, 6.45) is 2.45. The molecule has 2 atom stereocenters. The summed E-state index contributed by atoms with van der Waals surface area (Å²) in [5.74, 6) is 0.400. The number of oxazole rings is 1. The number of likely N-dealkylation sites (tertiary alicyclic amines) is 1. The smallest absolute Gasteiger partial charge is 0.410 e. The molecule has 1 aromatic rings. The van der Waals surface area contributed by atoms with Gasteiger partial charge in [0.05, 0.1) is 6.20 Å². The van der Waals surface area contributed by atoms with E-state index in [9.17, 15) is 9.90 Å². The van der Waals surface area contributed by atoms with E-state index in [1.807, 2.05) is 20.8 Å². The second-order valence-corrected chi connectivity index (χ2v) is 5.82. The van der Waals surface area contributed by atoms with Gasteiger partial charge in [-0.25, -0.2) is 9.78 Å². The van der Waals surface area contributed by atoms with Gasteiger partial charge in [0.15, 0.2) is 12.2 Å². The van der Waals surface area contributed by atoms with Crippen molar-refractivity contribution in [2.45, 2.75) is 38.9 Å². The molecule has 0 unspecified atom stereocenters. The number of rotatable bonds is 2. The van der Waals surface area contributed by atoms with E-state index in [2.05, 4.69) is 4.98 Å². The second kappa shape index (κ2) is 5.21. The van der Waals surface area contributed by atoms with Crippen LogP contribution in [-0.4, -0.2) is 39.8 Å². The molecule has 1 aromatic heterocycles. The third-order valence-electron chi connectivity index (χ3n) is 3.07. The third kappa shape index (κ3) is 3.47. The molecule has 1 fully saturated rings. The van der Waals surface area contributed by atoms with Crippen LogP contribution < -0.4 is 0 Å². The van der Waals surface area contributed by atoms with Crippen molar-refractivity contribution in [1.29, 1.82) is 0 Å². The van der Waals surface area contributed by atoms with Crippen LogP contribution >= 0.6 is 0 Å². The van der Waals surface area contributed by atoms with Crippen LogP contribution in [0.1, 0.15) is 39.1 Å². The van der Waals surface area contributed by atoms with Crippen molar-refractivity contribution in [2.75, 3.05) is 13.1 Å². The Labute approximate surface area is 112 Å². The van der Waals surface area contributed by atoms with Crippen molar-refractivity contribution in [3.63, 3.8) is 0 Å². The molecule has 0 aromatic carbocycles. The molecule has 0 spiro atoms. The van der Waals surface area contributed by atoms with Gasteiger partial charge in [-0.3, -0.25) is 0 Å². The summed E-state index contributed by atoms with van der Waals surface area (Å²) in [7, 11) is 0. The highest BCUT2D eigenvalue weighted by molar-refractivity contribution is 5.68. The van der Waals surface area contributed by atoms with Crippen molar-refractivity contribution < 1.29 is 19.1 Å². The Balaban J connectivity index is 1.91. The average molecular weight is 268 g/mol. The third-order valence-corrected chi connectivity index (χ3v) is 3.07. The Morgan fingerprint density at radius 2 is 2.37 bits per heavy atom. The van der Waals surface area contributed by atoms with Gasteiger partial charge in [-0.1, -0.05) is 0 Å². The van der Waals surface area contributed by atoms with Crippen molar-refractivity contribution in [2.24, 2.45) is 5.92 Å². The molecule has 6 nitrogen and oxygen atoms in total. The number of hydrogen-bond acceptors (Lipinski definition) is 5. The Hall–Kier alpha value is -1.56. The standard InChI is InChI=1S/C13H20N2O4/c1-13(2,3)19-12(17)15-5-4-9(7-15)11(16)10-6-14-8-18-10/h6,8-9,11,16H,4-5,7H2,1-3H3/t9-,11-/m0/s1. The molecule has 106 valence electrons. The number of aromatic nitrogens is 1. The van der Waals surface area contributed by atoms with Gasteiger partial charge in [0.1, 0.15) is 11.7 Å². The van der Waals surface area contributed by atoms with E-state index in [1.165, 1.54) is 12.6 Å². The zero-order valence-electron chi connectivity index (χ0n) is 11.5. The SMILES string of the molecule is CC(C)(C)OC(=O)N1CC[C@H]([C@H](O)c2cnco2)C1. The summed E-state index contributed by atoms with van der Waals surface area (Å²) in [4.78, 5) is 17.3. The van der Waals surface area contributed by atoms with E-state index >= 15 is 0 Å². The molecule has 1 saturated heterocycles. The van der Waals surface area contributed by atoms with E-state index in [0.717, 1.165) is 6.42 Å². The largest absolute Gasteiger partial charge is 0.446 e. The van der Waals surface area contributed by atoms with E-state index in [0.29, 0.717) is 18.8 Å². The van der Waals surface area contributed by atoms with Crippen LogP contribution in [0.4, 0.5) is 4.79 Å². The first-order valence-electron chi connectivity index (χ1n) is 6.41. The summed E-state index contributed by atoms with van der Waals surface area (Å²) in [6.45, 7) is 6.56. The van der Waals surface area contributed by atoms with Crippen LogP contribution in [0.2, 0.25) is 0 Å². The molecule has 0 radical (unpaired) electrons. The Bertz CT molecular complexity index is 424. The summed E-state index contributed by atoms with van der Waals surface area (Å²) in [6, 6.07) is 0. The van der Waals surface area contributed by atoms with Crippen LogP contribution in [-0.2, 0) is 4.74 Å². The number of hydrogen-bond donors (Lipinski definition) is 1. The molecule has 2 heterocycles. The van der Waals surface area contributed by atoms with Crippen LogP contribution in [0, 0.1) is 5.92 Å². The van der Waals surface area contributed by atoms with Crippen molar-refractivity contribution in [1.82, 2.24) is 9.88 Å². The van der Waals surface area contributed by atoms with Crippen molar-refractivity contribution in [3.05, 3.63) is 18.4 Å². The summed E-state index contributed by atoms with van der Waals surface area (Å²) >= 11 is 0. The first kappa shape index (κ1) is 13.9. The number of aliphatic hydroxyl groups excluding tert-OH is 1. The lowest BCUT2D eigenvalue weighted by molar-refractivity contribution is 0.0260. The number of aliphatic hydroxyl groups is 1. The second-order valence-electron chi connectivity index (χ2n) is 5.82. The number of amides is 1. The summed E-state index contributed by atoms with van der Waals surface area (Å²) < 4.78 is 10.4. The maximum atomic E-state index is 11.9. The van der Waals surface area contributed by atoms with E-state index < -0.39 is 11.7 Å². The minimum absolute atomic E-state index is 0.0412. The maximum Gasteiger partial charge on any atom is 0.410 e. The molecule has 1 aliphatic rings. The van der Waals surface area contributed by atoms with Gasteiger partial charge < -0.3 is 19.2 Å². The maximum absolute atomic E-state index is 11.9. The van der Waals surface area contributed by atoms with Gasteiger partial charge in [-0.15, -0.1) is 0 Å². The fourth-order valence-corrected chi connectivity index (χ4v) is 2.14. The highest BCUT2D eigenvalue weighted by Crippen LogP contribution is 2.30. The van der Waals surface area contributed by atoms with E-state index in [-0.39, 0.29) is 12.0 Å². The normalized spacial score (nSPS) is 21.5. The minimum Gasteiger partial charge on any atom is -0.446 e. The zero-order valence-corrected chi connectivity index (χ0v) is 11.5. The van der Waals surface area contributed by atoms with Gasteiger partial charge in [0.2, 0.25) is 0 Å². The van der Waals surface area contributed by atoms with Crippen molar-refractivity contribution >= 4 is 6.09 Å². The van der Waals surface area contributed by atoms with Gasteiger partial charge in [-0.2, -0.15) is 0 Å². The molecule has 0 saturated carbocycles. The lowest BCUT2D eigenvalue weighted by Gasteiger charge is -2.24. The summed E-state index contributed by atoms with van der Waals surface area (Å²) in [5, 5.41) is 10.1. The van der Waals surface area contributed by atoms with Gasteiger partial charge in [-0.05, 0) is 27.2 Å². The first-order chi connectivity index (χ1) is 8.87. The number of carbonyl (C=O) groups is 1. The predicted molar refractivity (Wildman–Crippen MR) is 67.4 cm³/mol. The molecule has 6 heteroatoms. The lowest BCUT2D eigenvalue weighted by atomic mass is 10.0. The highest BCUT2D eigenvalue weighted by Gasteiger charge is 2.34. The number of ether oxygens (including phenoxy) is 1. The van der Waals surface area contributed by atoms with E-state index in [4.69, 9.17) is 9.15 Å². The topological polar surface area (TPSA) is 75.8 Å². The fourth-order valence-electron chi connectivity index (χ4n) is 2.14. The lowest BCUT2D eigenvalue weighted by Crippen LogP contribution is -2.35. The Morgan fingerprint density at radius 1 is 1.63 bits per heavy atom. The average Bonchev–Trinajstić information content (AvgIpc) is 2.98. The highest BCUT2D eigenvalue weighted by atomic mass is 16.6. The molecular formula is C13H20N2O4. The van der Waals surface area contributed by atoms with Gasteiger partial charge >= 0.3 is 6.09 Å². The molecule has 0 bridgehead atoms.